The summed E-state index contributed by atoms with van der Waals surface area (Å²) in [7, 11) is 0. The summed E-state index contributed by atoms with van der Waals surface area (Å²) in [6.07, 6.45) is 6.73. The summed E-state index contributed by atoms with van der Waals surface area (Å²) in [5, 5.41) is 19.0. The molecule has 0 aliphatic carbocycles. The molecule has 0 unspecified atom stereocenters. The summed E-state index contributed by atoms with van der Waals surface area (Å²) < 4.78 is 1.34. The summed E-state index contributed by atoms with van der Waals surface area (Å²) in [5.74, 6) is 2.23. The van der Waals surface area contributed by atoms with Crippen LogP contribution in [0.4, 0.5) is 5.82 Å². The fourth-order valence-electron chi connectivity index (χ4n) is 1.12. The van der Waals surface area contributed by atoms with Gasteiger partial charge in [0.2, 0.25) is 0 Å². The zero-order valence-electron chi connectivity index (χ0n) is 7.30. The SMILES string of the molecule is C#CCn1cc(CC#N)cc1[N+](=O)[O-]. The Bertz CT molecular complexity index is 434. The fraction of sp³-hybridized carbons (Fsp3) is 0.222. The van der Waals surface area contributed by atoms with Crippen molar-refractivity contribution in [3.8, 4) is 18.4 Å². The molecule has 0 spiro atoms. The Morgan fingerprint density at radius 2 is 2.43 bits per heavy atom. The minimum absolute atomic E-state index is 0.0757. The molecule has 70 valence electrons. The number of terminal acetylenes is 1. The monoisotopic (exact) mass is 189 g/mol. The van der Waals surface area contributed by atoms with Crippen LogP contribution in [0.2, 0.25) is 0 Å². The van der Waals surface area contributed by atoms with Crippen LogP contribution in [-0.4, -0.2) is 9.49 Å². The molecule has 0 saturated carbocycles. The maximum atomic E-state index is 10.5. The van der Waals surface area contributed by atoms with Crippen molar-refractivity contribution < 1.29 is 4.92 Å². The summed E-state index contributed by atoms with van der Waals surface area (Å²) in [6, 6.07) is 3.28. The van der Waals surface area contributed by atoms with E-state index in [-0.39, 0.29) is 18.8 Å². The van der Waals surface area contributed by atoms with Gasteiger partial charge in [-0.05, 0) is 4.92 Å². The molecular weight excluding hydrogens is 182 g/mol. The lowest BCUT2D eigenvalue weighted by Crippen LogP contribution is -1.99. The van der Waals surface area contributed by atoms with Crippen molar-refractivity contribution >= 4 is 5.82 Å². The summed E-state index contributed by atoms with van der Waals surface area (Å²) in [5.41, 5.74) is 0.606. The molecule has 0 N–H and O–H groups in total. The maximum absolute atomic E-state index is 10.5. The molecule has 14 heavy (non-hydrogen) atoms. The highest BCUT2D eigenvalue weighted by Gasteiger charge is 2.14. The summed E-state index contributed by atoms with van der Waals surface area (Å²) in [4.78, 5) is 10.0. The van der Waals surface area contributed by atoms with Gasteiger partial charge in [-0.15, -0.1) is 6.42 Å². The number of rotatable bonds is 3. The number of aromatic nitrogens is 1. The zero-order chi connectivity index (χ0) is 10.6. The molecular formula is C9H7N3O2. The minimum atomic E-state index is -0.516. The van der Waals surface area contributed by atoms with Crippen molar-refractivity contribution in [1.82, 2.24) is 4.57 Å². The topological polar surface area (TPSA) is 71.9 Å². The molecule has 1 aromatic heterocycles. The van der Waals surface area contributed by atoms with Gasteiger partial charge in [-0.1, -0.05) is 5.92 Å². The first-order chi connectivity index (χ1) is 6.69. The van der Waals surface area contributed by atoms with Gasteiger partial charge in [-0.25, -0.2) is 4.57 Å². The third kappa shape index (κ3) is 1.90. The number of nitrogens with zero attached hydrogens (tertiary/aromatic N) is 3. The number of hydrogen-bond donors (Lipinski definition) is 0. The highest BCUT2D eigenvalue weighted by molar-refractivity contribution is 5.31. The van der Waals surface area contributed by atoms with Crippen LogP contribution in [0, 0.1) is 33.8 Å². The first kappa shape index (κ1) is 9.82. The van der Waals surface area contributed by atoms with Gasteiger partial charge in [-0.3, -0.25) is 0 Å². The average Bonchev–Trinajstić information content (AvgIpc) is 2.49. The molecule has 0 aliphatic rings. The van der Waals surface area contributed by atoms with Crippen molar-refractivity contribution in [3.63, 3.8) is 0 Å². The quantitative estimate of drug-likeness (QED) is 0.406. The molecule has 1 aromatic rings. The van der Waals surface area contributed by atoms with E-state index in [1.807, 2.05) is 6.07 Å². The Hall–Kier alpha value is -2.27. The van der Waals surface area contributed by atoms with Crippen LogP contribution in [0.1, 0.15) is 5.56 Å². The van der Waals surface area contributed by atoms with Gasteiger partial charge in [0, 0.05) is 11.6 Å². The van der Waals surface area contributed by atoms with Crippen molar-refractivity contribution in [2.45, 2.75) is 13.0 Å². The Labute approximate surface area is 80.7 Å². The number of nitriles is 1. The molecule has 1 rings (SSSR count). The van der Waals surface area contributed by atoms with E-state index in [9.17, 15) is 10.1 Å². The second-order valence-corrected chi connectivity index (χ2v) is 2.63. The summed E-state index contributed by atoms with van der Waals surface area (Å²) in [6.45, 7) is 0.141. The maximum Gasteiger partial charge on any atom is 0.324 e. The van der Waals surface area contributed by atoms with Gasteiger partial charge in [0.15, 0.2) is 6.54 Å². The molecule has 5 heteroatoms. The normalized spacial score (nSPS) is 9.00. The zero-order valence-corrected chi connectivity index (χ0v) is 7.30. The smallest absolute Gasteiger partial charge is 0.324 e. The summed E-state index contributed by atoms with van der Waals surface area (Å²) >= 11 is 0. The molecule has 0 amide bonds. The van der Waals surface area contributed by atoms with E-state index in [0.717, 1.165) is 0 Å². The molecule has 0 bridgehead atoms. The number of nitro groups is 1. The molecule has 1 heterocycles. The van der Waals surface area contributed by atoms with Crippen LogP contribution in [0.25, 0.3) is 0 Å². The lowest BCUT2D eigenvalue weighted by atomic mass is 10.3. The van der Waals surface area contributed by atoms with Gasteiger partial charge in [0.25, 0.3) is 0 Å². The predicted molar refractivity (Wildman–Crippen MR) is 49.2 cm³/mol. The van der Waals surface area contributed by atoms with Crippen LogP contribution in [0.5, 0.6) is 0 Å². The number of hydrogen-bond acceptors (Lipinski definition) is 3. The third-order valence-electron chi connectivity index (χ3n) is 1.66. The minimum Gasteiger partial charge on any atom is -0.358 e. The second-order valence-electron chi connectivity index (χ2n) is 2.63. The third-order valence-corrected chi connectivity index (χ3v) is 1.66. The Morgan fingerprint density at radius 1 is 1.71 bits per heavy atom. The van der Waals surface area contributed by atoms with Crippen LogP contribution < -0.4 is 0 Å². The Balaban J connectivity index is 3.08. The standard InChI is InChI=1S/C9H7N3O2/c1-2-5-11-7-8(3-4-10)6-9(11)12(13)14/h1,6-7H,3,5H2. The second kappa shape index (κ2) is 4.11. The van der Waals surface area contributed by atoms with Crippen LogP contribution in [0.3, 0.4) is 0 Å². The molecule has 0 radical (unpaired) electrons. The van der Waals surface area contributed by atoms with Gasteiger partial charge in [0.05, 0.1) is 18.7 Å². The van der Waals surface area contributed by atoms with Crippen molar-refractivity contribution in [3.05, 3.63) is 27.9 Å². The molecule has 0 fully saturated rings. The van der Waals surface area contributed by atoms with Crippen molar-refractivity contribution in [2.75, 3.05) is 0 Å². The lowest BCUT2D eigenvalue weighted by Gasteiger charge is -1.94. The van der Waals surface area contributed by atoms with Gasteiger partial charge < -0.3 is 10.1 Å². The van der Waals surface area contributed by atoms with Crippen LogP contribution in [0.15, 0.2) is 12.3 Å². The first-order valence-electron chi connectivity index (χ1n) is 3.83. The molecule has 5 nitrogen and oxygen atoms in total. The molecule has 0 aliphatic heterocycles. The highest BCUT2D eigenvalue weighted by atomic mass is 16.6. The van der Waals surface area contributed by atoms with Gasteiger partial charge >= 0.3 is 5.82 Å². The van der Waals surface area contributed by atoms with E-state index in [4.69, 9.17) is 11.7 Å². The lowest BCUT2D eigenvalue weighted by molar-refractivity contribution is -0.391. The van der Waals surface area contributed by atoms with Gasteiger partial charge in [0.1, 0.15) is 0 Å². The van der Waals surface area contributed by atoms with E-state index in [1.165, 1.54) is 16.8 Å². The van der Waals surface area contributed by atoms with E-state index >= 15 is 0 Å². The predicted octanol–water partition coefficient (Wildman–Crippen LogP) is 1.10. The highest BCUT2D eigenvalue weighted by Crippen LogP contribution is 2.16. The van der Waals surface area contributed by atoms with E-state index < -0.39 is 4.92 Å². The fourth-order valence-corrected chi connectivity index (χ4v) is 1.12. The largest absolute Gasteiger partial charge is 0.358 e. The molecule has 0 atom stereocenters. The van der Waals surface area contributed by atoms with E-state index in [0.29, 0.717) is 5.56 Å². The Kier molecular flexibility index (Phi) is 2.88. The van der Waals surface area contributed by atoms with Gasteiger partial charge in [-0.2, -0.15) is 5.26 Å². The molecule has 0 aromatic carbocycles. The van der Waals surface area contributed by atoms with Crippen LogP contribution >= 0.6 is 0 Å². The van der Waals surface area contributed by atoms with Crippen LogP contribution in [-0.2, 0) is 13.0 Å². The Morgan fingerprint density at radius 3 is 2.93 bits per heavy atom. The molecule has 0 saturated heterocycles. The van der Waals surface area contributed by atoms with Crippen molar-refractivity contribution in [1.29, 1.82) is 5.26 Å². The van der Waals surface area contributed by atoms with E-state index in [2.05, 4.69) is 5.92 Å². The van der Waals surface area contributed by atoms with Crippen molar-refractivity contribution in [2.24, 2.45) is 0 Å². The van der Waals surface area contributed by atoms with E-state index in [1.54, 1.807) is 0 Å². The average molecular weight is 189 g/mol. The first-order valence-corrected chi connectivity index (χ1v) is 3.83.